The minimum atomic E-state index is -1.25. The summed E-state index contributed by atoms with van der Waals surface area (Å²) in [5.41, 5.74) is 2.37. The molecule has 0 saturated carbocycles. The van der Waals surface area contributed by atoms with Gasteiger partial charge in [0.1, 0.15) is 29.5 Å². The third-order valence-corrected chi connectivity index (χ3v) is 10.7. The lowest BCUT2D eigenvalue weighted by Crippen LogP contribution is -2.54. The van der Waals surface area contributed by atoms with Crippen LogP contribution < -0.4 is 5.32 Å². The molecule has 4 amide bonds. The smallest absolute Gasteiger partial charge is 0.407 e. The van der Waals surface area contributed by atoms with Crippen molar-refractivity contribution in [2.24, 2.45) is 0 Å². The summed E-state index contributed by atoms with van der Waals surface area (Å²) in [6.07, 6.45) is 5.78. The molecule has 2 saturated heterocycles. The Morgan fingerprint density at radius 1 is 0.842 bits per heavy atom. The van der Waals surface area contributed by atoms with Crippen LogP contribution in [0.3, 0.4) is 0 Å². The van der Waals surface area contributed by atoms with Gasteiger partial charge in [0.05, 0.1) is 55.2 Å². The molecule has 5 heterocycles. The number of nitrogens with one attached hydrogen (secondary N) is 3. The maximum absolute atomic E-state index is 15.7. The van der Waals surface area contributed by atoms with Gasteiger partial charge in [-0.05, 0) is 51.7 Å². The quantitative estimate of drug-likeness (QED) is 0.150. The molecule has 0 spiro atoms. The van der Waals surface area contributed by atoms with Crippen molar-refractivity contribution in [1.29, 1.82) is 0 Å². The predicted molar refractivity (Wildman–Crippen MR) is 202 cm³/mol. The molecular weight excluding hydrogens is 743 g/mol. The molecule has 2 fully saturated rings. The van der Waals surface area contributed by atoms with E-state index in [0.717, 1.165) is 11.3 Å². The van der Waals surface area contributed by atoms with Gasteiger partial charge in [0.15, 0.2) is 5.82 Å². The Labute approximate surface area is 328 Å². The first-order chi connectivity index (χ1) is 27.4. The first-order valence-electron chi connectivity index (χ1n) is 18.6. The van der Waals surface area contributed by atoms with Gasteiger partial charge in [-0.1, -0.05) is 6.07 Å². The number of imidazole rings is 2. The van der Waals surface area contributed by atoms with E-state index in [4.69, 9.17) is 14.2 Å². The molecule has 4 N–H and O–H groups in total. The fourth-order valence-electron chi connectivity index (χ4n) is 7.39. The molecule has 4 aromatic rings. The maximum Gasteiger partial charge on any atom is 0.407 e. The average molecular weight is 791 g/mol. The van der Waals surface area contributed by atoms with Crippen molar-refractivity contribution >= 4 is 24.0 Å². The molecule has 3 aromatic heterocycles. The van der Waals surface area contributed by atoms with Crippen LogP contribution in [0.1, 0.15) is 63.3 Å². The number of amides is 4. The monoisotopic (exact) mass is 790 g/mol. The van der Waals surface area contributed by atoms with Gasteiger partial charge in [-0.25, -0.2) is 33.9 Å². The van der Waals surface area contributed by atoms with Crippen molar-refractivity contribution in [2.45, 2.75) is 75.9 Å². The molecule has 2 aliphatic rings. The van der Waals surface area contributed by atoms with E-state index in [1.54, 1.807) is 54.4 Å². The molecule has 19 heteroatoms. The molecule has 1 aromatic carbocycles. The number of aromatic amines is 2. The van der Waals surface area contributed by atoms with Gasteiger partial charge < -0.3 is 44.4 Å². The highest BCUT2D eigenvalue weighted by molar-refractivity contribution is 5.87. The van der Waals surface area contributed by atoms with Gasteiger partial charge in [0, 0.05) is 63.4 Å². The Balaban J connectivity index is 1.14. The number of carbonyl (C=O) groups is 4. The zero-order valence-electron chi connectivity index (χ0n) is 32.6. The summed E-state index contributed by atoms with van der Waals surface area (Å²) in [5, 5.41) is 12.2. The van der Waals surface area contributed by atoms with Crippen LogP contribution in [0.15, 0.2) is 43.0 Å². The standard InChI is InChI=1S/C38H47FN10O8/c1-20(55-4)30(46-37(52)57-6)35(50)48-13-7-9-28(48)33-42-18-26(44-33)23-16-40-32(41-17-23)22-11-12-24(25(39)15-22)27-19-43-34(45-27)29-10-8-14-49(29)36(51)31(21(2)56-5)47(3)38(53)54/h11-12,15-21,28-31H,7-10,13-14H2,1-6H3,(H,42,44)(H,43,45)(H,46,52)(H,53,54)/t20-,21-,28+,29+,30+,31+/m1/s1. The number of benzene rings is 1. The minimum absolute atomic E-state index is 0.259. The van der Waals surface area contributed by atoms with E-state index in [0.29, 0.717) is 72.3 Å². The molecule has 18 nitrogen and oxygen atoms in total. The number of halogens is 1. The van der Waals surface area contributed by atoms with Crippen LogP contribution in [0.5, 0.6) is 0 Å². The van der Waals surface area contributed by atoms with Crippen LogP contribution in [-0.2, 0) is 23.8 Å². The maximum atomic E-state index is 15.7. The molecule has 0 bridgehead atoms. The third kappa shape index (κ3) is 8.43. The summed E-state index contributed by atoms with van der Waals surface area (Å²) in [6.45, 7) is 4.23. The molecule has 6 atom stereocenters. The van der Waals surface area contributed by atoms with E-state index in [-0.39, 0.29) is 17.5 Å². The number of hydrogen-bond donors (Lipinski definition) is 4. The summed E-state index contributed by atoms with van der Waals surface area (Å²) < 4.78 is 31.1. The van der Waals surface area contributed by atoms with Gasteiger partial charge in [0.2, 0.25) is 11.8 Å². The van der Waals surface area contributed by atoms with Crippen LogP contribution >= 0.6 is 0 Å². The fraction of sp³-hybridized carbons (Fsp3) is 0.474. The zero-order valence-corrected chi connectivity index (χ0v) is 32.6. The number of methoxy groups -OCH3 is 3. The largest absolute Gasteiger partial charge is 0.465 e. The van der Waals surface area contributed by atoms with Crippen molar-refractivity contribution < 1.29 is 42.9 Å². The number of carbonyl (C=O) groups excluding carboxylic acids is 3. The molecular formula is C38H47FN10O8. The molecule has 0 radical (unpaired) electrons. The molecule has 0 aliphatic carbocycles. The summed E-state index contributed by atoms with van der Waals surface area (Å²) in [6, 6.07) is 1.83. The van der Waals surface area contributed by atoms with Crippen molar-refractivity contribution in [1.82, 2.24) is 49.9 Å². The predicted octanol–water partition coefficient (Wildman–Crippen LogP) is 4.16. The van der Waals surface area contributed by atoms with E-state index in [9.17, 15) is 24.3 Å². The van der Waals surface area contributed by atoms with Gasteiger partial charge in [0.25, 0.3) is 0 Å². The molecule has 304 valence electrons. The van der Waals surface area contributed by atoms with Crippen LogP contribution in [0.2, 0.25) is 0 Å². The zero-order chi connectivity index (χ0) is 41.0. The number of aromatic nitrogens is 6. The van der Waals surface area contributed by atoms with Gasteiger partial charge in [-0.15, -0.1) is 0 Å². The lowest BCUT2D eigenvalue weighted by atomic mass is 10.1. The van der Waals surface area contributed by atoms with Gasteiger partial charge >= 0.3 is 12.2 Å². The summed E-state index contributed by atoms with van der Waals surface area (Å²) in [4.78, 5) is 79.6. The first kappa shape index (κ1) is 40.7. The van der Waals surface area contributed by atoms with Crippen LogP contribution in [-0.4, -0.2) is 139 Å². The third-order valence-electron chi connectivity index (χ3n) is 10.7. The van der Waals surface area contributed by atoms with E-state index < -0.39 is 54.2 Å². The number of hydrogen-bond acceptors (Lipinski definition) is 11. The number of likely N-dealkylation sites (tertiary alicyclic amines) is 2. The lowest BCUT2D eigenvalue weighted by molar-refractivity contribution is -0.141. The fourth-order valence-corrected chi connectivity index (χ4v) is 7.39. The van der Waals surface area contributed by atoms with Crippen LogP contribution in [0.25, 0.3) is 33.9 Å². The van der Waals surface area contributed by atoms with E-state index in [2.05, 4.69) is 35.2 Å². The Morgan fingerprint density at radius 2 is 1.42 bits per heavy atom. The van der Waals surface area contributed by atoms with Gasteiger partial charge in [-0.2, -0.15) is 0 Å². The Hall–Kier alpha value is -5.95. The SMILES string of the molecule is COC(=O)N[C@H](C(=O)N1CCC[C@H]1c1ncc(-c2cnc(-c3ccc(-c4cnc([C@@H]5CCCN5C(=O)[C@H]([C@@H](C)OC)N(C)C(=O)O)[nH]4)c(F)c3)nc2)[nH]1)[C@@H](C)OC. The van der Waals surface area contributed by atoms with Crippen LogP contribution in [0.4, 0.5) is 14.0 Å². The highest BCUT2D eigenvalue weighted by Crippen LogP contribution is 2.35. The Bertz CT molecular complexity index is 2080. The average Bonchev–Trinajstić information content (AvgIpc) is 4.06. The summed E-state index contributed by atoms with van der Waals surface area (Å²) >= 11 is 0. The topological polar surface area (TPSA) is 221 Å². The summed E-state index contributed by atoms with van der Waals surface area (Å²) in [5.74, 6) is 0.0950. The first-order valence-corrected chi connectivity index (χ1v) is 18.6. The Morgan fingerprint density at radius 3 is 1.98 bits per heavy atom. The number of H-pyrrole nitrogens is 2. The lowest BCUT2D eigenvalue weighted by Gasteiger charge is -2.34. The van der Waals surface area contributed by atoms with Crippen LogP contribution in [0, 0.1) is 5.82 Å². The summed E-state index contributed by atoms with van der Waals surface area (Å²) in [7, 11) is 5.45. The number of rotatable bonds is 13. The second kappa shape index (κ2) is 17.5. The van der Waals surface area contributed by atoms with E-state index in [1.165, 1.54) is 40.6 Å². The number of carboxylic acid groups (broad SMARTS) is 1. The number of likely N-dealkylation sites (N-methyl/N-ethyl adjacent to an activating group) is 1. The normalized spacial score (nSPS) is 18.9. The Kier molecular flexibility index (Phi) is 12.5. The van der Waals surface area contributed by atoms with Crippen molar-refractivity contribution in [2.75, 3.05) is 41.5 Å². The van der Waals surface area contributed by atoms with Crippen molar-refractivity contribution in [3.05, 3.63) is 60.5 Å². The number of alkyl carbamates (subject to hydrolysis) is 1. The van der Waals surface area contributed by atoms with Gasteiger partial charge in [-0.3, -0.25) is 14.5 Å². The highest BCUT2D eigenvalue weighted by Gasteiger charge is 2.41. The van der Waals surface area contributed by atoms with Crippen molar-refractivity contribution in [3.63, 3.8) is 0 Å². The van der Waals surface area contributed by atoms with E-state index >= 15 is 4.39 Å². The minimum Gasteiger partial charge on any atom is -0.465 e. The number of ether oxygens (including phenoxy) is 3. The van der Waals surface area contributed by atoms with E-state index in [1.807, 2.05) is 0 Å². The molecule has 0 unspecified atom stereocenters. The molecule has 6 rings (SSSR count). The number of nitrogens with zero attached hydrogens (tertiary/aromatic N) is 7. The molecule has 57 heavy (non-hydrogen) atoms. The van der Waals surface area contributed by atoms with Crippen molar-refractivity contribution in [3.8, 4) is 33.9 Å². The highest BCUT2D eigenvalue weighted by atomic mass is 19.1. The second-order valence-corrected chi connectivity index (χ2v) is 14.1. The second-order valence-electron chi connectivity index (χ2n) is 14.1. The molecule has 2 aliphatic heterocycles.